The number of carboxylic acids is 1. The van der Waals surface area contributed by atoms with Crippen molar-refractivity contribution in [3.05, 3.63) is 29.8 Å². The van der Waals surface area contributed by atoms with Gasteiger partial charge in [-0.15, -0.1) is 0 Å². The van der Waals surface area contributed by atoms with Gasteiger partial charge in [-0.2, -0.15) is 0 Å². The van der Waals surface area contributed by atoms with Crippen LogP contribution in [0.1, 0.15) is 29.6 Å². The van der Waals surface area contributed by atoms with Crippen molar-refractivity contribution >= 4 is 11.7 Å². The van der Waals surface area contributed by atoms with Crippen LogP contribution in [0.15, 0.2) is 24.3 Å². The van der Waals surface area contributed by atoms with Crippen LogP contribution in [0.25, 0.3) is 0 Å². The largest absolute Gasteiger partial charge is 0.478 e. The van der Waals surface area contributed by atoms with Crippen LogP contribution >= 0.6 is 0 Å². The molecule has 1 aromatic carbocycles. The maximum absolute atomic E-state index is 10.7. The normalized spacial score (nSPS) is 27.4. The summed E-state index contributed by atoms with van der Waals surface area (Å²) >= 11 is 0. The van der Waals surface area contributed by atoms with Crippen molar-refractivity contribution in [1.82, 2.24) is 0 Å². The summed E-state index contributed by atoms with van der Waals surface area (Å²) in [7, 11) is 0. The second-order valence-corrected chi connectivity index (χ2v) is 4.84. The first-order valence-electron chi connectivity index (χ1n) is 5.84. The summed E-state index contributed by atoms with van der Waals surface area (Å²) in [6, 6.07) is 7.96. The number of anilines is 1. The third kappa shape index (κ3) is 1.47. The number of piperidine rings is 1. The highest BCUT2D eigenvalue weighted by molar-refractivity contribution is 5.88. The van der Waals surface area contributed by atoms with Crippen LogP contribution in [0.3, 0.4) is 0 Å². The molecule has 3 heteroatoms. The third-order valence-electron chi connectivity index (χ3n) is 3.86. The molecule has 1 N–H and O–H groups in total. The molecule has 0 amide bonds. The molecule has 3 rings (SSSR count). The third-order valence-corrected chi connectivity index (χ3v) is 3.86. The summed E-state index contributed by atoms with van der Waals surface area (Å²) in [5, 5.41) is 8.83. The standard InChI is InChI=1S/C13H15NO2/c15-13(16)10-2-5-11(6-3-10)14-8-9-1-4-12(14)7-9/h2-3,5-6,9,12H,1,4,7-8H2,(H,15,16). The molecule has 1 saturated carbocycles. The van der Waals surface area contributed by atoms with E-state index in [1.54, 1.807) is 12.1 Å². The Hall–Kier alpha value is -1.51. The monoisotopic (exact) mass is 217 g/mol. The Morgan fingerprint density at radius 1 is 1.25 bits per heavy atom. The van der Waals surface area contributed by atoms with Gasteiger partial charge in [-0.1, -0.05) is 0 Å². The van der Waals surface area contributed by atoms with E-state index in [2.05, 4.69) is 4.90 Å². The lowest BCUT2D eigenvalue weighted by Gasteiger charge is -2.29. The first kappa shape index (κ1) is 9.70. The van der Waals surface area contributed by atoms with Gasteiger partial charge < -0.3 is 10.0 Å². The van der Waals surface area contributed by atoms with E-state index >= 15 is 0 Å². The van der Waals surface area contributed by atoms with Crippen LogP contribution in [0.4, 0.5) is 5.69 Å². The van der Waals surface area contributed by atoms with Crippen molar-refractivity contribution in [3.8, 4) is 0 Å². The molecule has 2 unspecified atom stereocenters. The molecule has 0 aromatic heterocycles. The Morgan fingerprint density at radius 2 is 2.00 bits per heavy atom. The molecule has 16 heavy (non-hydrogen) atoms. The molecular weight excluding hydrogens is 202 g/mol. The predicted octanol–water partition coefficient (Wildman–Crippen LogP) is 2.37. The Balaban J connectivity index is 1.82. The lowest BCUT2D eigenvalue weighted by atomic mass is 10.1. The zero-order valence-electron chi connectivity index (χ0n) is 9.10. The van der Waals surface area contributed by atoms with Crippen molar-refractivity contribution < 1.29 is 9.90 Å². The summed E-state index contributed by atoms with van der Waals surface area (Å²) in [6.07, 6.45) is 3.99. The van der Waals surface area contributed by atoms with E-state index in [1.165, 1.54) is 24.9 Å². The zero-order valence-corrected chi connectivity index (χ0v) is 9.10. The first-order chi connectivity index (χ1) is 7.74. The lowest BCUT2D eigenvalue weighted by Crippen LogP contribution is -2.31. The molecule has 3 nitrogen and oxygen atoms in total. The summed E-state index contributed by atoms with van der Waals surface area (Å²) < 4.78 is 0. The van der Waals surface area contributed by atoms with Gasteiger partial charge in [-0.3, -0.25) is 0 Å². The number of nitrogens with zero attached hydrogens (tertiary/aromatic N) is 1. The van der Waals surface area contributed by atoms with Gasteiger partial charge in [-0.25, -0.2) is 4.79 Å². The number of hydrogen-bond donors (Lipinski definition) is 1. The van der Waals surface area contributed by atoms with E-state index in [0.29, 0.717) is 11.6 Å². The molecule has 1 aromatic rings. The highest BCUT2D eigenvalue weighted by Gasteiger charge is 2.37. The van der Waals surface area contributed by atoms with E-state index < -0.39 is 5.97 Å². The van der Waals surface area contributed by atoms with E-state index in [0.717, 1.165) is 12.5 Å². The fraction of sp³-hybridized carbons (Fsp3) is 0.462. The smallest absolute Gasteiger partial charge is 0.335 e. The molecule has 1 aliphatic heterocycles. The van der Waals surface area contributed by atoms with Gasteiger partial charge in [0.05, 0.1) is 5.56 Å². The van der Waals surface area contributed by atoms with Gasteiger partial charge in [-0.05, 0) is 49.4 Å². The molecular formula is C13H15NO2. The van der Waals surface area contributed by atoms with E-state index in [-0.39, 0.29) is 0 Å². The van der Waals surface area contributed by atoms with Crippen molar-refractivity contribution in [2.24, 2.45) is 5.92 Å². The number of aromatic carboxylic acids is 1. The SMILES string of the molecule is O=C(O)c1ccc(N2CC3CCC2C3)cc1. The maximum Gasteiger partial charge on any atom is 0.335 e. The molecule has 1 saturated heterocycles. The van der Waals surface area contributed by atoms with Gasteiger partial charge in [0.2, 0.25) is 0 Å². The summed E-state index contributed by atoms with van der Waals surface area (Å²) in [5.74, 6) is 0.0126. The number of fused-ring (bicyclic) bond motifs is 2. The molecule has 2 aliphatic rings. The second kappa shape index (κ2) is 3.51. The summed E-state index contributed by atoms with van der Waals surface area (Å²) in [5.41, 5.74) is 1.55. The Kier molecular flexibility index (Phi) is 2.13. The summed E-state index contributed by atoms with van der Waals surface area (Å²) in [4.78, 5) is 13.2. The number of hydrogen-bond acceptors (Lipinski definition) is 2. The zero-order chi connectivity index (χ0) is 11.1. The number of carbonyl (C=O) groups is 1. The van der Waals surface area contributed by atoms with Crippen molar-refractivity contribution in [3.63, 3.8) is 0 Å². The molecule has 0 radical (unpaired) electrons. The maximum atomic E-state index is 10.7. The minimum absolute atomic E-state index is 0.369. The fourth-order valence-corrected chi connectivity index (χ4v) is 3.04. The van der Waals surface area contributed by atoms with Gasteiger partial charge >= 0.3 is 5.97 Å². The second-order valence-electron chi connectivity index (χ2n) is 4.84. The van der Waals surface area contributed by atoms with Crippen LogP contribution in [0.5, 0.6) is 0 Å². The van der Waals surface area contributed by atoms with Crippen molar-refractivity contribution in [2.45, 2.75) is 25.3 Å². The van der Waals surface area contributed by atoms with Crippen LogP contribution < -0.4 is 4.90 Å². The van der Waals surface area contributed by atoms with E-state index in [1.807, 2.05) is 12.1 Å². The minimum Gasteiger partial charge on any atom is -0.478 e. The van der Waals surface area contributed by atoms with Gasteiger partial charge in [0.25, 0.3) is 0 Å². The summed E-state index contributed by atoms with van der Waals surface area (Å²) in [6.45, 7) is 1.15. The van der Waals surface area contributed by atoms with Crippen LogP contribution in [-0.2, 0) is 0 Å². The van der Waals surface area contributed by atoms with Gasteiger partial charge in [0, 0.05) is 18.3 Å². The van der Waals surface area contributed by atoms with E-state index in [9.17, 15) is 4.79 Å². The molecule has 2 atom stereocenters. The number of rotatable bonds is 2. The van der Waals surface area contributed by atoms with Gasteiger partial charge in [0.1, 0.15) is 0 Å². The Morgan fingerprint density at radius 3 is 2.50 bits per heavy atom. The van der Waals surface area contributed by atoms with Gasteiger partial charge in [0.15, 0.2) is 0 Å². The quantitative estimate of drug-likeness (QED) is 0.826. The minimum atomic E-state index is -0.852. The van der Waals surface area contributed by atoms with Crippen molar-refractivity contribution in [2.75, 3.05) is 11.4 Å². The highest BCUT2D eigenvalue weighted by atomic mass is 16.4. The first-order valence-corrected chi connectivity index (χ1v) is 5.84. The molecule has 1 aliphatic carbocycles. The molecule has 84 valence electrons. The average molecular weight is 217 g/mol. The number of benzene rings is 1. The van der Waals surface area contributed by atoms with Crippen LogP contribution in [-0.4, -0.2) is 23.7 Å². The fourth-order valence-electron chi connectivity index (χ4n) is 3.04. The molecule has 1 heterocycles. The number of carboxylic acid groups (broad SMARTS) is 1. The Bertz CT molecular complexity index is 412. The average Bonchev–Trinajstić information content (AvgIpc) is 2.91. The van der Waals surface area contributed by atoms with Crippen LogP contribution in [0.2, 0.25) is 0 Å². The molecule has 0 spiro atoms. The van der Waals surface area contributed by atoms with Crippen molar-refractivity contribution in [1.29, 1.82) is 0 Å². The lowest BCUT2D eigenvalue weighted by molar-refractivity contribution is 0.0697. The Labute approximate surface area is 94.7 Å². The molecule has 2 bridgehead atoms. The highest BCUT2D eigenvalue weighted by Crippen LogP contribution is 2.40. The van der Waals surface area contributed by atoms with E-state index in [4.69, 9.17) is 5.11 Å². The predicted molar refractivity (Wildman–Crippen MR) is 61.9 cm³/mol. The topological polar surface area (TPSA) is 40.5 Å². The molecule has 2 fully saturated rings. The van der Waals surface area contributed by atoms with Crippen LogP contribution in [0, 0.1) is 5.92 Å².